The summed E-state index contributed by atoms with van der Waals surface area (Å²) in [6.45, 7) is 2.11. The zero-order valence-corrected chi connectivity index (χ0v) is 11.3. The van der Waals surface area contributed by atoms with E-state index < -0.39 is 5.72 Å². The lowest BCUT2D eigenvalue weighted by Gasteiger charge is -2.32. The number of hydrogen-bond donors (Lipinski definition) is 1. The molecule has 0 saturated carbocycles. The minimum atomic E-state index is -1.10. The molecule has 1 saturated heterocycles. The summed E-state index contributed by atoms with van der Waals surface area (Å²) in [6, 6.07) is 5.65. The van der Waals surface area contributed by atoms with Crippen molar-refractivity contribution in [3.05, 3.63) is 23.9 Å². The van der Waals surface area contributed by atoms with E-state index in [0.29, 0.717) is 15.9 Å². The molecule has 1 aliphatic rings. The molecule has 92 valence electrons. The van der Waals surface area contributed by atoms with E-state index >= 15 is 0 Å². The first-order chi connectivity index (χ1) is 8.07. The van der Waals surface area contributed by atoms with Gasteiger partial charge < -0.3 is 9.84 Å². The summed E-state index contributed by atoms with van der Waals surface area (Å²) in [5, 5.41) is 10.5. The molecule has 1 atom stereocenters. The molecule has 0 aromatic carbocycles. The number of aliphatic hydroxyl groups is 1. The largest absolute Gasteiger partial charge is 0.380 e. The van der Waals surface area contributed by atoms with E-state index in [1.165, 1.54) is 11.8 Å². The van der Waals surface area contributed by atoms with Gasteiger partial charge in [-0.05, 0) is 19.1 Å². The maximum absolute atomic E-state index is 10.5. The van der Waals surface area contributed by atoms with Crippen molar-refractivity contribution < 1.29 is 9.84 Å². The molecule has 0 spiro atoms. The van der Waals surface area contributed by atoms with Crippen LogP contribution in [0.4, 0.5) is 5.82 Å². The number of rotatable bonds is 3. The first kappa shape index (κ1) is 12.8. The Morgan fingerprint density at radius 2 is 2.41 bits per heavy atom. The van der Waals surface area contributed by atoms with E-state index in [1.54, 1.807) is 12.0 Å². The van der Waals surface area contributed by atoms with Crippen molar-refractivity contribution in [3.63, 3.8) is 0 Å². The predicted molar refractivity (Wildman–Crippen MR) is 73.3 cm³/mol. The van der Waals surface area contributed by atoms with Crippen molar-refractivity contribution in [1.29, 1.82) is 0 Å². The molecule has 6 heteroatoms. The van der Waals surface area contributed by atoms with Crippen LogP contribution < -0.4 is 4.90 Å². The Morgan fingerprint density at radius 1 is 1.65 bits per heavy atom. The summed E-state index contributed by atoms with van der Waals surface area (Å²) >= 11 is 6.70. The van der Waals surface area contributed by atoms with Crippen LogP contribution in [0.2, 0.25) is 0 Å². The van der Waals surface area contributed by atoms with Crippen LogP contribution in [0.25, 0.3) is 0 Å². The lowest BCUT2D eigenvalue weighted by atomic mass is 10.2. The Bertz CT molecular complexity index is 441. The Kier molecular flexibility index (Phi) is 3.67. The fourth-order valence-corrected chi connectivity index (χ4v) is 3.17. The second-order valence-corrected chi connectivity index (χ2v) is 5.55. The Labute approximate surface area is 110 Å². The second kappa shape index (κ2) is 4.89. The van der Waals surface area contributed by atoms with Crippen molar-refractivity contribution >= 4 is 34.1 Å². The average Bonchev–Trinajstić information content (AvgIpc) is 2.55. The van der Waals surface area contributed by atoms with Gasteiger partial charge in [-0.3, -0.25) is 4.90 Å². The Balaban J connectivity index is 2.37. The highest BCUT2D eigenvalue weighted by Gasteiger charge is 2.44. The number of nitrogens with zero attached hydrogens (tertiary/aromatic N) is 2. The van der Waals surface area contributed by atoms with Crippen LogP contribution in [-0.2, 0) is 4.74 Å². The number of aromatic nitrogens is 1. The fourth-order valence-electron chi connectivity index (χ4n) is 1.77. The Hall–Kier alpha value is -0.690. The average molecular weight is 270 g/mol. The fraction of sp³-hybridized carbons (Fsp3) is 0.455. The van der Waals surface area contributed by atoms with Gasteiger partial charge in [-0.2, -0.15) is 0 Å². The maximum atomic E-state index is 10.5. The maximum Gasteiger partial charge on any atom is 0.177 e. The lowest BCUT2D eigenvalue weighted by molar-refractivity contribution is -0.00286. The van der Waals surface area contributed by atoms with E-state index in [-0.39, 0.29) is 6.61 Å². The van der Waals surface area contributed by atoms with E-state index in [1.807, 2.05) is 25.1 Å². The lowest BCUT2D eigenvalue weighted by Crippen LogP contribution is -2.51. The van der Waals surface area contributed by atoms with Crippen LogP contribution in [-0.4, -0.2) is 39.6 Å². The number of aryl methyl sites for hydroxylation is 1. The van der Waals surface area contributed by atoms with Gasteiger partial charge in [0.05, 0.1) is 12.4 Å². The number of thioether (sulfide) groups is 1. The normalized spacial score (nSPS) is 24.4. The minimum Gasteiger partial charge on any atom is -0.380 e. The van der Waals surface area contributed by atoms with Gasteiger partial charge >= 0.3 is 0 Å². The van der Waals surface area contributed by atoms with Crippen LogP contribution in [0.15, 0.2) is 18.2 Å². The molecular formula is C11H14N2O2S2. The monoisotopic (exact) mass is 270 g/mol. The van der Waals surface area contributed by atoms with Crippen LogP contribution in [0.1, 0.15) is 5.69 Å². The third-order valence-corrected chi connectivity index (χ3v) is 4.08. The molecule has 17 heavy (non-hydrogen) atoms. The highest BCUT2D eigenvalue weighted by molar-refractivity contribution is 8.23. The SMILES string of the molecule is COCC1(O)CSC(=S)N1c1cccc(C)n1. The van der Waals surface area contributed by atoms with E-state index in [2.05, 4.69) is 4.98 Å². The quantitative estimate of drug-likeness (QED) is 0.841. The van der Waals surface area contributed by atoms with Gasteiger partial charge in [0.25, 0.3) is 0 Å². The molecule has 0 aliphatic carbocycles. The highest BCUT2D eigenvalue weighted by atomic mass is 32.2. The standard InChI is InChI=1S/C11H14N2O2S2/c1-8-4-3-5-9(12-8)13-10(16)17-7-11(13,14)6-15-2/h3-5,14H,6-7H2,1-2H3. The van der Waals surface area contributed by atoms with Gasteiger partial charge in [-0.1, -0.05) is 30.0 Å². The third kappa shape index (κ3) is 2.44. The second-order valence-electron chi connectivity index (χ2n) is 3.94. The van der Waals surface area contributed by atoms with Crippen molar-refractivity contribution in [3.8, 4) is 0 Å². The van der Waals surface area contributed by atoms with Crippen molar-refractivity contribution in [2.24, 2.45) is 0 Å². The Morgan fingerprint density at radius 3 is 3.06 bits per heavy atom. The predicted octanol–water partition coefficient (Wildman–Crippen LogP) is 1.56. The van der Waals surface area contributed by atoms with Crippen LogP contribution in [0.5, 0.6) is 0 Å². The molecule has 4 nitrogen and oxygen atoms in total. The van der Waals surface area contributed by atoms with Crippen LogP contribution in [0.3, 0.4) is 0 Å². The number of methoxy groups -OCH3 is 1. The summed E-state index contributed by atoms with van der Waals surface area (Å²) in [5.74, 6) is 1.16. The first-order valence-corrected chi connectivity index (χ1v) is 6.58. The van der Waals surface area contributed by atoms with Crippen LogP contribution in [0, 0.1) is 6.92 Å². The molecule has 2 heterocycles. The molecule has 1 fully saturated rings. The summed E-state index contributed by atoms with van der Waals surface area (Å²) in [5.41, 5.74) is -0.209. The molecule has 0 bridgehead atoms. The summed E-state index contributed by atoms with van der Waals surface area (Å²) in [7, 11) is 1.56. The van der Waals surface area contributed by atoms with Crippen molar-refractivity contribution in [2.75, 3.05) is 24.4 Å². The molecule has 1 N–H and O–H groups in total. The topological polar surface area (TPSA) is 45.6 Å². The first-order valence-electron chi connectivity index (χ1n) is 5.19. The van der Waals surface area contributed by atoms with E-state index in [9.17, 15) is 5.11 Å². The van der Waals surface area contributed by atoms with Gasteiger partial charge in [0.15, 0.2) is 5.72 Å². The number of hydrogen-bond acceptors (Lipinski definition) is 5. The zero-order valence-electron chi connectivity index (χ0n) is 9.71. The van der Waals surface area contributed by atoms with Crippen LogP contribution >= 0.6 is 24.0 Å². The molecule has 0 radical (unpaired) electrons. The summed E-state index contributed by atoms with van der Waals surface area (Å²) in [6.07, 6.45) is 0. The molecule has 1 aliphatic heterocycles. The number of thiocarbonyl (C=S) groups is 1. The van der Waals surface area contributed by atoms with Gasteiger partial charge in [-0.25, -0.2) is 4.98 Å². The molecule has 0 amide bonds. The zero-order chi connectivity index (χ0) is 12.5. The van der Waals surface area contributed by atoms with Gasteiger partial charge in [0, 0.05) is 12.8 Å². The van der Waals surface area contributed by atoms with Gasteiger partial charge in [-0.15, -0.1) is 0 Å². The van der Waals surface area contributed by atoms with Gasteiger partial charge in [0.1, 0.15) is 10.1 Å². The smallest absolute Gasteiger partial charge is 0.177 e. The summed E-state index contributed by atoms with van der Waals surface area (Å²) < 4.78 is 5.69. The number of ether oxygens (including phenoxy) is 1. The highest BCUT2D eigenvalue weighted by Crippen LogP contribution is 2.35. The minimum absolute atomic E-state index is 0.204. The number of anilines is 1. The molecule has 2 rings (SSSR count). The van der Waals surface area contributed by atoms with Crippen molar-refractivity contribution in [2.45, 2.75) is 12.6 Å². The van der Waals surface area contributed by atoms with Gasteiger partial charge in [0.2, 0.25) is 0 Å². The number of pyridine rings is 1. The molecule has 1 unspecified atom stereocenters. The van der Waals surface area contributed by atoms with E-state index in [4.69, 9.17) is 17.0 Å². The van der Waals surface area contributed by atoms with Crippen molar-refractivity contribution in [1.82, 2.24) is 4.98 Å². The molecule has 1 aromatic rings. The van der Waals surface area contributed by atoms with E-state index in [0.717, 1.165) is 5.69 Å². The molecular weight excluding hydrogens is 256 g/mol. The molecule has 1 aromatic heterocycles. The third-order valence-electron chi connectivity index (χ3n) is 2.50. The summed E-state index contributed by atoms with van der Waals surface area (Å²) in [4.78, 5) is 6.06.